The van der Waals surface area contributed by atoms with Gasteiger partial charge >= 0.3 is 0 Å². The summed E-state index contributed by atoms with van der Waals surface area (Å²) in [6.07, 6.45) is 6.00. The van der Waals surface area contributed by atoms with Crippen molar-refractivity contribution in [3.63, 3.8) is 0 Å². The van der Waals surface area contributed by atoms with Crippen LogP contribution in [0.3, 0.4) is 0 Å². The van der Waals surface area contributed by atoms with Gasteiger partial charge in [0.1, 0.15) is 12.1 Å². The third kappa shape index (κ3) is 4.83. The van der Waals surface area contributed by atoms with Gasteiger partial charge in [-0.15, -0.1) is 0 Å². The number of likely N-dealkylation sites (tertiary alicyclic amines) is 1. The largest absolute Gasteiger partial charge is 0.493 e. The minimum atomic E-state index is 0.00565. The molecule has 9 heteroatoms. The highest BCUT2D eigenvalue weighted by Crippen LogP contribution is 2.47. The number of fused-ring (bicyclic) bond motifs is 2. The maximum atomic E-state index is 6.15. The molecule has 0 aliphatic carbocycles. The lowest BCUT2D eigenvalue weighted by Crippen LogP contribution is -2.46. The van der Waals surface area contributed by atoms with Crippen molar-refractivity contribution < 1.29 is 14.2 Å². The summed E-state index contributed by atoms with van der Waals surface area (Å²) >= 11 is 1.79. The highest BCUT2D eigenvalue weighted by Gasteiger charge is 2.33. The highest BCUT2D eigenvalue weighted by molar-refractivity contribution is 8.04. The molecule has 0 N–H and O–H groups in total. The summed E-state index contributed by atoms with van der Waals surface area (Å²) < 4.78 is 22.0. The van der Waals surface area contributed by atoms with Crippen LogP contribution < -0.4 is 9.04 Å². The van der Waals surface area contributed by atoms with E-state index in [0.29, 0.717) is 12.5 Å². The smallest absolute Gasteiger partial charge is 0.234 e. The number of aromatic nitrogens is 3. The first-order chi connectivity index (χ1) is 17.2. The van der Waals surface area contributed by atoms with Crippen LogP contribution in [0, 0.1) is 0 Å². The van der Waals surface area contributed by atoms with Crippen LogP contribution in [0.25, 0.3) is 5.57 Å². The lowest BCUT2D eigenvalue weighted by atomic mass is 9.89. The fourth-order valence-electron chi connectivity index (χ4n) is 5.32. The zero-order valence-corrected chi connectivity index (χ0v) is 21.5. The second kappa shape index (κ2) is 10.1. The molecule has 0 bridgehead atoms. The molecule has 0 spiro atoms. The van der Waals surface area contributed by atoms with Gasteiger partial charge in [0, 0.05) is 49.0 Å². The van der Waals surface area contributed by atoms with Crippen molar-refractivity contribution in [2.45, 2.75) is 57.8 Å². The van der Waals surface area contributed by atoms with Crippen LogP contribution in [0.15, 0.2) is 29.4 Å². The van der Waals surface area contributed by atoms with E-state index in [1.165, 1.54) is 28.0 Å². The van der Waals surface area contributed by atoms with Crippen molar-refractivity contribution in [2.75, 3.05) is 50.3 Å². The van der Waals surface area contributed by atoms with Crippen molar-refractivity contribution in [2.24, 2.45) is 0 Å². The van der Waals surface area contributed by atoms with Crippen LogP contribution in [0.4, 0.5) is 5.95 Å². The molecule has 2 saturated heterocycles. The average Bonchev–Trinajstić information content (AvgIpc) is 3.46. The van der Waals surface area contributed by atoms with Crippen molar-refractivity contribution in [1.29, 1.82) is 0 Å². The Bertz CT molecular complexity index is 1070. The van der Waals surface area contributed by atoms with E-state index in [9.17, 15) is 0 Å². The van der Waals surface area contributed by atoms with Crippen LogP contribution >= 0.6 is 11.9 Å². The predicted octanol–water partition coefficient (Wildman–Crippen LogP) is 4.46. The molecular weight excluding hydrogens is 462 g/mol. The molecule has 2 aromatic rings. The molecule has 0 amide bonds. The number of nitrogens with zero attached hydrogens (tertiary/aromatic N) is 5. The number of hydrogen-bond donors (Lipinski definition) is 0. The van der Waals surface area contributed by atoms with Gasteiger partial charge in [-0.1, -0.05) is 6.07 Å². The summed E-state index contributed by atoms with van der Waals surface area (Å²) in [5.74, 6) is 2.49. The van der Waals surface area contributed by atoms with E-state index in [4.69, 9.17) is 14.2 Å². The molecule has 35 heavy (non-hydrogen) atoms. The Labute approximate surface area is 211 Å². The molecule has 8 nitrogen and oxygen atoms in total. The number of anilines is 1. The van der Waals surface area contributed by atoms with Gasteiger partial charge in [-0.25, -0.2) is 4.68 Å². The normalized spacial score (nSPS) is 23.2. The Morgan fingerprint density at radius 3 is 2.94 bits per heavy atom. The van der Waals surface area contributed by atoms with Crippen LogP contribution in [-0.2, 0) is 9.47 Å². The van der Waals surface area contributed by atoms with Gasteiger partial charge in [0.15, 0.2) is 6.29 Å². The fourth-order valence-corrected chi connectivity index (χ4v) is 6.45. The van der Waals surface area contributed by atoms with Gasteiger partial charge in [0.05, 0.1) is 25.8 Å². The van der Waals surface area contributed by atoms with E-state index in [1.807, 2.05) is 4.68 Å². The minimum absolute atomic E-state index is 0.00565. The van der Waals surface area contributed by atoms with Gasteiger partial charge in [0.2, 0.25) is 5.95 Å². The van der Waals surface area contributed by atoms with E-state index in [0.717, 1.165) is 70.4 Å². The Balaban J connectivity index is 1.10. The molecule has 188 valence electrons. The van der Waals surface area contributed by atoms with Crippen molar-refractivity contribution in [3.8, 4) is 5.75 Å². The number of ether oxygens (including phenoxy) is 3. The molecular formula is C26H35N5O3S. The maximum Gasteiger partial charge on any atom is 0.234 e. The summed E-state index contributed by atoms with van der Waals surface area (Å²) in [4.78, 5) is 8.43. The van der Waals surface area contributed by atoms with Crippen LogP contribution in [0.5, 0.6) is 5.75 Å². The molecule has 1 aromatic carbocycles. The average molecular weight is 498 g/mol. The molecule has 4 aliphatic rings. The van der Waals surface area contributed by atoms with Crippen LogP contribution in [0.2, 0.25) is 0 Å². The molecule has 1 unspecified atom stereocenters. The third-order valence-electron chi connectivity index (χ3n) is 7.32. The van der Waals surface area contributed by atoms with Crippen LogP contribution in [-0.4, -0.2) is 72.0 Å². The first kappa shape index (κ1) is 23.3. The zero-order valence-electron chi connectivity index (χ0n) is 20.7. The number of hydrogen-bond acceptors (Lipinski definition) is 8. The van der Waals surface area contributed by atoms with E-state index >= 15 is 0 Å². The van der Waals surface area contributed by atoms with Gasteiger partial charge in [0.25, 0.3) is 0 Å². The van der Waals surface area contributed by atoms with Gasteiger partial charge in [-0.2, -0.15) is 10.1 Å². The second-order valence-electron chi connectivity index (χ2n) is 10.1. The molecule has 4 aliphatic heterocycles. The molecule has 6 rings (SSSR count). The van der Waals surface area contributed by atoms with Crippen molar-refractivity contribution in [3.05, 3.63) is 40.6 Å². The molecule has 1 aromatic heterocycles. The lowest BCUT2D eigenvalue weighted by Gasteiger charge is -2.40. The predicted molar refractivity (Wildman–Crippen MR) is 138 cm³/mol. The maximum absolute atomic E-state index is 6.15. The van der Waals surface area contributed by atoms with E-state index in [-0.39, 0.29) is 12.3 Å². The summed E-state index contributed by atoms with van der Waals surface area (Å²) in [6.45, 7) is 10.5. The molecule has 2 fully saturated rings. The van der Waals surface area contributed by atoms with Crippen molar-refractivity contribution >= 4 is 23.5 Å². The lowest BCUT2D eigenvalue weighted by molar-refractivity contribution is -0.165. The Kier molecular flexibility index (Phi) is 6.75. The standard InChI is InChI=1S/C26H35N5O3S/c1-18(2)31-26(27-17-28-31)30-16-22-21-13-19(6-7-23(21)32-11-8-24(22)35-30)20-14-29(15-20)9-12-34-25-5-3-4-10-33-25/h6-7,13,17-18,20,25H,3-5,8-12,14-16H2,1-2H3. The van der Waals surface area contributed by atoms with Crippen molar-refractivity contribution in [1.82, 2.24) is 19.7 Å². The molecule has 5 heterocycles. The van der Waals surface area contributed by atoms with Gasteiger partial charge in [-0.05, 0) is 68.3 Å². The minimum Gasteiger partial charge on any atom is -0.493 e. The molecule has 1 atom stereocenters. The SMILES string of the molecule is CC(C)n1ncnc1N1CC2=C(CCOc3ccc(C4CN(CCOC5CCCCO5)C4)cc32)S1. The Morgan fingerprint density at radius 1 is 1.20 bits per heavy atom. The van der Waals surface area contributed by atoms with E-state index < -0.39 is 0 Å². The number of rotatable bonds is 7. The van der Waals surface area contributed by atoms with E-state index in [1.54, 1.807) is 18.3 Å². The zero-order chi connectivity index (χ0) is 23.8. The van der Waals surface area contributed by atoms with Crippen LogP contribution in [0.1, 0.15) is 62.6 Å². The van der Waals surface area contributed by atoms with E-state index in [2.05, 4.69) is 51.3 Å². The molecule has 0 saturated carbocycles. The second-order valence-corrected chi connectivity index (χ2v) is 11.2. The first-order valence-corrected chi connectivity index (χ1v) is 13.7. The Hall–Kier alpha value is -2.07. The monoisotopic (exact) mass is 497 g/mol. The first-order valence-electron chi connectivity index (χ1n) is 13.0. The summed E-state index contributed by atoms with van der Waals surface area (Å²) in [5.41, 5.74) is 4.03. The quantitative estimate of drug-likeness (QED) is 0.520. The summed E-state index contributed by atoms with van der Waals surface area (Å²) in [7, 11) is 0. The third-order valence-corrected chi connectivity index (χ3v) is 8.50. The number of benzene rings is 1. The topological polar surface area (TPSA) is 64.9 Å². The summed E-state index contributed by atoms with van der Waals surface area (Å²) in [6, 6.07) is 7.09. The highest BCUT2D eigenvalue weighted by atomic mass is 32.2. The summed E-state index contributed by atoms with van der Waals surface area (Å²) in [5, 5.41) is 4.44. The Morgan fingerprint density at radius 2 is 2.11 bits per heavy atom. The molecule has 0 radical (unpaired) electrons. The van der Waals surface area contributed by atoms with Gasteiger partial charge in [-0.3, -0.25) is 9.21 Å². The van der Waals surface area contributed by atoms with Gasteiger partial charge < -0.3 is 14.2 Å². The fraction of sp³-hybridized carbons (Fsp3) is 0.615.